The molecule has 0 heterocycles. The van der Waals surface area contributed by atoms with Crippen LogP contribution >= 0.6 is 0 Å². The molecule has 3 aromatic rings. The number of aryl methyl sites for hydroxylation is 1. The van der Waals surface area contributed by atoms with E-state index in [0.29, 0.717) is 0 Å². The van der Waals surface area contributed by atoms with Gasteiger partial charge in [0.05, 0.1) is 0 Å². The van der Waals surface area contributed by atoms with Crippen LogP contribution in [0.25, 0.3) is 11.1 Å². The first-order chi connectivity index (χ1) is 12.2. The van der Waals surface area contributed by atoms with Crippen molar-refractivity contribution in [3.05, 3.63) is 95.1 Å². The van der Waals surface area contributed by atoms with Gasteiger partial charge in [-0.05, 0) is 76.9 Å². The van der Waals surface area contributed by atoms with Gasteiger partial charge >= 0.3 is 0 Å². The molecule has 4 rings (SSSR count). The van der Waals surface area contributed by atoms with Crippen LogP contribution in [0.4, 0.5) is 0 Å². The van der Waals surface area contributed by atoms with E-state index in [-0.39, 0.29) is 11.5 Å². The van der Waals surface area contributed by atoms with Crippen LogP contribution in [-0.4, -0.2) is 10.2 Å². The third-order valence-corrected chi connectivity index (χ3v) is 4.83. The Morgan fingerprint density at radius 3 is 1.80 bits per heavy atom. The van der Waals surface area contributed by atoms with Crippen molar-refractivity contribution in [3.63, 3.8) is 0 Å². The van der Waals surface area contributed by atoms with Crippen molar-refractivity contribution >= 4 is 11.1 Å². The average Bonchev–Trinajstić information content (AvgIpc) is 2.65. The first kappa shape index (κ1) is 15.5. The third kappa shape index (κ3) is 3.03. The fourth-order valence-electron chi connectivity index (χ4n) is 3.65. The summed E-state index contributed by atoms with van der Waals surface area (Å²) in [5, 5.41) is 19.3. The highest BCUT2D eigenvalue weighted by atomic mass is 16.3. The lowest BCUT2D eigenvalue weighted by molar-refractivity contribution is 0.475. The average molecular weight is 328 g/mol. The smallest absolute Gasteiger partial charge is 0.115 e. The molecule has 3 aromatic carbocycles. The Hall–Kier alpha value is -3.00. The van der Waals surface area contributed by atoms with Gasteiger partial charge in [0, 0.05) is 0 Å². The highest BCUT2D eigenvalue weighted by molar-refractivity contribution is 5.99. The standard InChI is InChI=1S/C23H20O2/c24-19-12-8-17(9-13-19)23(18-10-14-20(25)15-11-18)22-7-3-5-16-4-1-2-6-21(16)22/h1-2,4,6,8-15,24-25H,3,5,7H2. The Kier molecular flexibility index (Phi) is 4.02. The molecule has 0 saturated heterocycles. The van der Waals surface area contributed by atoms with E-state index in [1.54, 1.807) is 24.3 Å². The zero-order valence-electron chi connectivity index (χ0n) is 13.9. The van der Waals surface area contributed by atoms with Gasteiger partial charge in [-0.3, -0.25) is 0 Å². The van der Waals surface area contributed by atoms with E-state index in [0.717, 1.165) is 30.4 Å². The summed E-state index contributed by atoms with van der Waals surface area (Å²) < 4.78 is 0. The number of benzene rings is 3. The Balaban J connectivity index is 1.98. The van der Waals surface area contributed by atoms with E-state index < -0.39 is 0 Å². The largest absolute Gasteiger partial charge is 0.508 e. The monoisotopic (exact) mass is 328 g/mol. The van der Waals surface area contributed by atoms with Gasteiger partial charge in [0.1, 0.15) is 11.5 Å². The molecule has 1 aliphatic rings. The van der Waals surface area contributed by atoms with Gasteiger partial charge in [-0.25, -0.2) is 0 Å². The molecule has 0 atom stereocenters. The molecule has 0 aromatic heterocycles. The molecule has 0 radical (unpaired) electrons. The van der Waals surface area contributed by atoms with Gasteiger partial charge in [0.15, 0.2) is 0 Å². The second kappa shape index (κ2) is 6.48. The SMILES string of the molecule is Oc1ccc(C(=C2CCCc3ccccc32)c2ccc(O)cc2)cc1. The fraction of sp³-hybridized carbons (Fsp3) is 0.130. The van der Waals surface area contributed by atoms with E-state index in [9.17, 15) is 10.2 Å². The molecule has 0 saturated carbocycles. The lowest BCUT2D eigenvalue weighted by Gasteiger charge is -2.23. The van der Waals surface area contributed by atoms with Crippen LogP contribution < -0.4 is 0 Å². The maximum atomic E-state index is 9.66. The third-order valence-electron chi connectivity index (χ3n) is 4.83. The Labute approximate surface area is 147 Å². The summed E-state index contributed by atoms with van der Waals surface area (Å²) in [7, 11) is 0. The number of aromatic hydroxyl groups is 2. The molecule has 0 amide bonds. The predicted octanol–water partition coefficient (Wildman–Crippen LogP) is 5.39. The molecule has 0 spiro atoms. The van der Waals surface area contributed by atoms with Crippen molar-refractivity contribution in [2.45, 2.75) is 19.3 Å². The van der Waals surface area contributed by atoms with Crippen molar-refractivity contribution in [1.82, 2.24) is 0 Å². The van der Waals surface area contributed by atoms with Crippen molar-refractivity contribution in [2.75, 3.05) is 0 Å². The van der Waals surface area contributed by atoms with Crippen LogP contribution in [0.5, 0.6) is 11.5 Å². The molecule has 0 fully saturated rings. The van der Waals surface area contributed by atoms with E-state index in [4.69, 9.17) is 0 Å². The van der Waals surface area contributed by atoms with E-state index >= 15 is 0 Å². The van der Waals surface area contributed by atoms with Crippen LogP contribution in [-0.2, 0) is 6.42 Å². The number of rotatable bonds is 2. The Bertz CT molecular complexity index is 872. The Morgan fingerprint density at radius 1 is 0.640 bits per heavy atom. The zero-order chi connectivity index (χ0) is 17.2. The molecule has 2 nitrogen and oxygen atoms in total. The Morgan fingerprint density at radius 2 is 1.20 bits per heavy atom. The summed E-state index contributed by atoms with van der Waals surface area (Å²) >= 11 is 0. The lowest BCUT2D eigenvalue weighted by Crippen LogP contribution is -2.04. The van der Waals surface area contributed by atoms with Crippen LogP contribution in [0.1, 0.15) is 35.1 Å². The second-order valence-corrected chi connectivity index (χ2v) is 6.46. The van der Waals surface area contributed by atoms with Crippen molar-refractivity contribution in [2.24, 2.45) is 0 Å². The molecule has 1 aliphatic carbocycles. The van der Waals surface area contributed by atoms with Gasteiger partial charge in [-0.15, -0.1) is 0 Å². The maximum absolute atomic E-state index is 9.66. The zero-order valence-corrected chi connectivity index (χ0v) is 13.9. The second-order valence-electron chi connectivity index (χ2n) is 6.46. The number of phenolic OH excluding ortho intramolecular Hbond substituents is 2. The summed E-state index contributed by atoms with van der Waals surface area (Å²) in [6, 6.07) is 23.3. The molecule has 124 valence electrons. The number of fused-ring (bicyclic) bond motifs is 1. The summed E-state index contributed by atoms with van der Waals surface area (Å²) in [6.07, 6.45) is 3.26. The van der Waals surface area contributed by atoms with Crippen molar-refractivity contribution in [3.8, 4) is 11.5 Å². The number of hydrogen-bond acceptors (Lipinski definition) is 2. The van der Waals surface area contributed by atoms with Crippen LogP contribution in [0.2, 0.25) is 0 Å². The van der Waals surface area contributed by atoms with Crippen LogP contribution in [0.15, 0.2) is 72.8 Å². The molecule has 2 heteroatoms. The normalized spacial score (nSPS) is 13.4. The molecule has 2 N–H and O–H groups in total. The lowest BCUT2D eigenvalue weighted by atomic mass is 9.81. The number of hydrogen-bond donors (Lipinski definition) is 2. The summed E-state index contributed by atoms with van der Waals surface area (Å²) in [5.41, 5.74) is 7.36. The predicted molar refractivity (Wildman–Crippen MR) is 102 cm³/mol. The minimum atomic E-state index is 0.267. The summed E-state index contributed by atoms with van der Waals surface area (Å²) in [4.78, 5) is 0. The minimum Gasteiger partial charge on any atom is -0.508 e. The minimum absolute atomic E-state index is 0.267. The molecule has 0 bridgehead atoms. The van der Waals surface area contributed by atoms with Crippen molar-refractivity contribution in [1.29, 1.82) is 0 Å². The molecular weight excluding hydrogens is 308 g/mol. The van der Waals surface area contributed by atoms with Gasteiger partial charge in [0.2, 0.25) is 0 Å². The van der Waals surface area contributed by atoms with Crippen molar-refractivity contribution < 1.29 is 10.2 Å². The van der Waals surface area contributed by atoms with E-state index in [1.165, 1.54) is 22.3 Å². The van der Waals surface area contributed by atoms with E-state index in [2.05, 4.69) is 24.3 Å². The van der Waals surface area contributed by atoms with E-state index in [1.807, 2.05) is 24.3 Å². The molecule has 25 heavy (non-hydrogen) atoms. The quantitative estimate of drug-likeness (QED) is 0.662. The van der Waals surface area contributed by atoms with Gasteiger partial charge in [-0.1, -0.05) is 48.5 Å². The topological polar surface area (TPSA) is 40.5 Å². The first-order valence-electron chi connectivity index (χ1n) is 8.62. The highest BCUT2D eigenvalue weighted by Crippen LogP contribution is 2.40. The van der Waals surface area contributed by atoms with Crippen LogP contribution in [0.3, 0.4) is 0 Å². The summed E-state index contributed by atoms with van der Waals surface area (Å²) in [5.74, 6) is 0.533. The van der Waals surface area contributed by atoms with Crippen LogP contribution in [0, 0.1) is 0 Å². The van der Waals surface area contributed by atoms with Gasteiger partial charge in [-0.2, -0.15) is 0 Å². The highest BCUT2D eigenvalue weighted by Gasteiger charge is 2.19. The number of allylic oxidation sites excluding steroid dienone is 1. The molecule has 0 unspecified atom stereocenters. The molecule has 0 aliphatic heterocycles. The number of phenols is 2. The summed E-state index contributed by atoms with van der Waals surface area (Å²) in [6.45, 7) is 0. The van der Waals surface area contributed by atoms with Gasteiger partial charge in [0.25, 0.3) is 0 Å². The molecular formula is C23H20O2. The fourth-order valence-corrected chi connectivity index (χ4v) is 3.65. The maximum Gasteiger partial charge on any atom is 0.115 e. The van der Waals surface area contributed by atoms with Gasteiger partial charge < -0.3 is 10.2 Å². The first-order valence-corrected chi connectivity index (χ1v) is 8.62.